The maximum atomic E-state index is 5.79. The van der Waals surface area contributed by atoms with E-state index in [-0.39, 0.29) is 0 Å². The average Bonchev–Trinajstić information content (AvgIpc) is 2.83. The number of nitrogens with zero attached hydrogens (tertiary/aromatic N) is 5. The first-order chi connectivity index (χ1) is 9.65. The first-order valence-corrected chi connectivity index (χ1v) is 6.33. The lowest BCUT2D eigenvalue weighted by molar-refractivity contribution is 0.756. The minimum absolute atomic E-state index is 0.681. The summed E-state index contributed by atoms with van der Waals surface area (Å²) in [6.45, 7) is 0.681. The molecule has 20 heavy (non-hydrogen) atoms. The molecule has 0 saturated heterocycles. The smallest absolute Gasteiger partial charge is 0.140 e. The van der Waals surface area contributed by atoms with Gasteiger partial charge in [0.1, 0.15) is 18.0 Å². The molecule has 3 aromatic rings. The van der Waals surface area contributed by atoms with Crippen molar-refractivity contribution in [1.29, 1.82) is 0 Å². The maximum Gasteiger partial charge on any atom is 0.140 e. The number of imidazole rings is 1. The molecule has 0 bridgehead atoms. The first-order valence-electron chi connectivity index (χ1n) is 6.33. The van der Waals surface area contributed by atoms with Gasteiger partial charge in [-0.25, -0.2) is 15.0 Å². The second-order valence-electron chi connectivity index (χ2n) is 4.78. The van der Waals surface area contributed by atoms with Crippen molar-refractivity contribution >= 4 is 22.4 Å². The summed E-state index contributed by atoms with van der Waals surface area (Å²) in [5, 5.41) is 0.985. The summed E-state index contributed by atoms with van der Waals surface area (Å²) in [6.07, 6.45) is 5.29. The number of hydrogen-bond donors (Lipinski definition) is 1. The Morgan fingerprint density at radius 1 is 1.25 bits per heavy atom. The van der Waals surface area contributed by atoms with Crippen LogP contribution in [0.1, 0.15) is 5.82 Å². The molecular formula is C14H16N6. The zero-order chi connectivity index (χ0) is 14.1. The molecule has 6 heteroatoms. The first kappa shape index (κ1) is 12.4. The van der Waals surface area contributed by atoms with E-state index in [1.165, 1.54) is 0 Å². The number of hydrogen-bond acceptors (Lipinski definition) is 5. The Bertz CT molecular complexity index is 748. The Hall–Kier alpha value is -2.63. The highest BCUT2D eigenvalue weighted by molar-refractivity contribution is 5.91. The minimum atomic E-state index is 0.681. The van der Waals surface area contributed by atoms with Crippen molar-refractivity contribution in [2.75, 3.05) is 17.7 Å². The van der Waals surface area contributed by atoms with E-state index in [2.05, 4.69) is 19.9 Å². The van der Waals surface area contributed by atoms with Crippen molar-refractivity contribution in [3.63, 3.8) is 0 Å². The molecule has 0 fully saturated rings. The van der Waals surface area contributed by atoms with Crippen molar-refractivity contribution in [2.24, 2.45) is 7.05 Å². The summed E-state index contributed by atoms with van der Waals surface area (Å²) < 4.78 is 2.00. The molecule has 3 rings (SSSR count). The van der Waals surface area contributed by atoms with Gasteiger partial charge in [-0.05, 0) is 18.2 Å². The Morgan fingerprint density at radius 3 is 2.85 bits per heavy atom. The maximum absolute atomic E-state index is 5.79. The van der Waals surface area contributed by atoms with Gasteiger partial charge in [-0.3, -0.25) is 0 Å². The molecule has 0 amide bonds. The molecule has 2 aromatic heterocycles. The lowest BCUT2D eigenvalue weighted by Crippen LogP contribution is -2.20. The second kappa shape index (κ2) is 4.80. The molecule has 0 aliphatic rings. The molecule has 1 aromatic carbocycles. The summed E-state index contributed by atoms with van der Waals surface area (Å²) in [5.74, 6) is 1.85. The molecule has 0 unspecified atom stereocenters. The third-order valence-electron chi connectivity index (χ3n) is 3.30. The zero-order valence-electron chi connectivity index (χ0n) is 11.5. The van der Waals surface area contributed by atoms with Gasteiger partial charge in [-0.2, -0.15) is 0 Å². The quantitative estimate of drug-likeness (QED) is 0.730. The van der Waals surface area contributed by atoms with Gasteiger partial charge >= 0.3 is 0 Å². The number of benzene rings is 1. The summed E-state index contributed by atoms with van der Waals surface area (Å²) >= 11 is 0. The monoisotopic (exact) mass is 268 g/mol. The van der Waals surface area contributed by atoms with Crippen LogP contribution in [0, 0.1) is 0 Å². The van der Waals surface area contributed by atoms with E-state index in [1.54, 1.807) is 12.5 Å². The van der Waals surface area contributed by atoms with Crippen molar-refractivity contribution in [3.8, 4) is 0 Å². The normalized spacial score (nSPS) is 10.9. The Morgan fingerprint density at radius 2 is 2.10 bits per heavy atom. The highest BCUT2D eigenvalue weighted by Crippen LogP contribution is 2.24. The fourth-order valence-corrected chi connectivity index (χ4v) is 2.20. The van der Waals surface area contributed by atoms with E-state index < -0.39 is 0 Å². The summed E-state index contributed by atoms with van der Waals surface area (Å²) in [4.78, 5) is 15.0. The predicted octanol–water partition coefficient (Wildman–Crippen LogP) is 1.58. The molecule has 6 nitrogen and oxygen atoms in total. The van der Waals surface area contributed by atoms with Crippen molar-refractivity contribution in [2.45, 2.75) is 6.54 Å². The van der Waals surface area contributed by atoms with Crippen molar-refractivity contribution in [3.05, 3.63) is 42.7 Å². The van der Waals surface area contributed by atoms with E-state index in [9.17, 15) is 0 Å². The average molecular weight is 268 g/mol. The number of aryl methyl sites for hydroxylation is 1. The number of aromatic nitrogens is 4. The van der Waals surface area contributed by atoms with Gasteiger partial charge in [-0.1, -0.05) is 0 Å². The number of anilines is 2. The number of fused-ring (bicyclic) bond motifs is 1. The van der Waals surface area contributed by atoms with Gasteiger partial charge in [0.15, 0.2) is 0 Å². The van der Waals surface area contributed by atoms with Crippen LogP contribution in [0.2, 0.25) is 0 Å². The van der Waals surface area contributed by atoms with Crippen LogP contribution >= 0.6 is 0 Å². The van der Waals surface area contributed by atoms with Crippen LogP contribution in [0.3, 0.4) is 0 Å². The van der Waals surface area contributed by atoms with Crippen LogP contribution in [0.5, 0.6) is 0 Å². The van der Waals surface area contributed by atoms with Gasteiger partial charge in [0.2, 0.25) is 0 Å². The van der Waals surface area contributed by atoms with Gasteiger partial charge in [-0.15, -0.1) is 0 Å². The van der Waals surface area contributed by atoms with Crippen LogP contribution in [-0.2, 0) is 13.6 Å². The SMILES string of the molecule is CN(Cc1nccn1C)c1ncnc2cc(N)ccc12. The number of nitrogens with two attached hydrogens (primary N) is 1. The third kappa shape index (κ3) is 2.16. The van der Waals surface area contributed by atoms with E-state index in [0.29, 0.717) is 12.2 Å². The second-order valence-corrected chi connectivity index (χ2v) is 4.78. The molecule has 102 valence electrons. The molecule has 2 N–H and O–H groups in total. The van der Waals surface area contributed by atoms with Crippen LogP contribution < -0.4 is 10.6 Å². The van der Waals surface area contributed by atoms with Gasteiger partial charge in [0.05, 0.1) is 12.1 Å². The summed E-state index contributed by atoms with van der Waals surface area (Å²) in [7, 11) is 3.97. The molecule has 0 aliphatic heterocycles. The van der Waals surface area contributed by atoms with Crippen molar-refractivity contribution < 1.29 is 0 Å². The molecule has 0 spiro atoms. The summed E-state index contributed by atoms with van der Waals surface area (Å²) in [6, 6.07) is 5.67. The lowest BCUT2D eigenvalue weighted by Gasteiger charge is -2.19. The fourth-order valence-electron chi connectivity index (χ4n) is 2.20. The molecule has 0 aliphatic carbocycles. The molecule has 0 saturated carbocycles. The van der Waals surface area contributed by atoms with E-state index >= 15 is 0 Å². The van der Waals surface area contributed by atoms with E-state index in [0.717, 1.165) is 22.5 Å². The van der Waals surface area contributed by atoms with Crippen LogP contribution in [0.4, 0.5) is 11.5 Å². The molecule has 0 radical (unpaired) electrons. The standard InChI is InChI=1S/C14H16N6/c1-19-6-5-16-13(19)8-20(2)14-11-4-3-10(15)7-12(11)17-9-18-14/h3-7,9H,8,15H2,1-2H3. The van der Waals surface area contributed by atoms with E-state index in [1.807, 2.05) is 43.1 Å². The van der Waals surface area contributed by atoms with Crippen LogP contribution in [0.25, 0.3) is 10.9 Å². The molecule has 0 atom stereocenters. The minimum Gasteiger partial charge on any atom is -0.399 e. The predicted molar refractivity (Wildman–Crippen MR) is 79.3 cm³/mol. The number of rotatable bonds is 3. The third-order valence-corrected chi connectivity index (χ3v) is 3.30. The fraction of sp³-hybridized carbons (Fsp3) is 0.214. The Kier molecular flexibility index (Phi) is 2.98. The van der Waals surface area contributed by atoms with Gasteiger partial charge in [0, 0.05) is 37.6 Å². The van der Waals surface area contributed by atoms with Crippen molar-refractivity contribution in [1.82, 2.24) is 19.5 Å². The molecule has 2 heterocycles. The van der Waals surface area contributed by atoms with E-state index in [4.69, 9.17) is 5.73 Å². The van der Waals surface area contributed by atoms with Gasteiger partial charge < -0.3 is 15.2 Å². The Labute approximate surface area is 116 Å². The van der Waals surface area contributed by atoms with Gasteiger partial charge in [0.25, 0.3) is 0 Å². The molecular weight excluding hydrogens is 252 g/mol. The topological polar surface area (TPSA) is 72.9 Å². The lowest BCUT2D eigenvalue weighted by atomic mass is 10.2. The largest absolute Gasteiger partial charge is 0.399 e. The number of nitrogen functional groups attached to an aromatic ring is 1. The Balaban J connectivity index is 1.99. The summed E-state index contributed by atoms with van der Waals surface area (Å²) in [5.41, 5.74) is 7.34. The highest BCUT2D eigenvalue weighted by Gasteiger charge is 2.11. The van der Waals surface area contributed by atoms with Crippen LogP contribution in [0.15, 0.2) is 36.9 Å². The highest BCUT2D eigenvalue weighted by atomic mass is 15.2. The zero-order valence-corrected chi connectivity index (χ0v) is 11.5. The van der Waals surface area contributed by atoms with Crippen LogP contribution in [-0.4, -0.2) is 26.6 Å².